The number of halogens is 2. The van der Waals surface area contributed by atoms with Crippen LogP contribution in [0.1, 0.15) is 50.6 Å². The molecule has 1 N–H and O–H groups in total. The highest BCUT2D eigenvalue weighted by atomic mass is 19.1. The van der Waals surface area contributed by atoms with Crippen LogP contribution in [0.3, 0.4) is 0 Å². The van der Waals surface area contributed by atoms with E-state index in [0.29, 0.717) is 17.6 Å². The van der Waals surface area contributed by atoms with E-state index in [1.807, 2.05) is 6.92 Å². The summed E-state index contributed by atoms with van der Waals surface area (Å²) in [5.41, 5.74) is 0.610. The molecule has 1 aliphatic carbocycles. The smallest absolute Gasteiger partial charge is 0.130 e. The number of piperidine rings is 1. The molecule has 2 nitrogen and oxygen atoms in total. The number of benzene rings is 1. The third kappa shape index (κ3) is 3.61. The van der Waals surface area contributed by atoms with Crippen molar-refractivity contribution in [2.75, 3.05) is 13.1 Å². The van der Waals surface area contributed by atoms with Crippen molar-refractivity contribution in [1.29, 1.82) is 0 Å². The predicted octanol–water partition coefficient (Wildman–Crippen LogP) is 3.63. The van der Waals surface area contributed by atoms with Gasteiger partial charge in [-0.25, -0.2) is 8.78 Å². The van der Waals surface area contributed by atoms with Gasteiger partial charge in [-0.3, -0.25) is 4.90 Å². The molecule has 3 rings (SSSR count). The summed E-state index contributed by atoms with van der Waals surface area (Å²) < 4.78 is 27.1. The van der Waals surface area contributed by atoms with E-state index in [0.717, 1.165) is 19.2 Å². The maximum atomic E-state index is 14.0. The van der Waals surface area contributed by atoms with Crippen LogP contribution in [-0.4, -0.2) is 30.1 Å². The van der Waals surface area contributed by atoms with Crippen LogP contribution in [-0.2, 0) is 0 Å². The average molecular weight is 294 g/mol. The van der Waals surface area contributed by atoms with Gasteiger partial charge in [-0.1, -0.05) is 12.5 Å². The van der Waals surface area contributed by atoms with Crippen molar-refractivity contribution in [2.24, 2.45) is 0 Å². The van der Waals surface area contributed by atoms with Gasteiger partial charge in [0.25, 0.3) is 0 Å². The van der Waals surface area contributed by atoms with Crippen molar-refractivity contribution >= 4 is 0 Å². The van der Waals surface area contributed by atoms with Crippen LogP contribution in [0.2, 0.25) is 0 Å². The second-order valence-electron chi connectivity index (χ2n) is 6.42. The fourth-order valence-electron chi connectivity index (χ4n) is 3.38. The Kier molecular flexibility index (Phi) is 4.55. The largest absolute Gasteiger partial charge is 0.313 e. The molecule has 2 fully saturated rings. The minimum absolute atomic E-state index is 0.00169. The van der Waals surface area contributed by atoms with Crippen molar-refractivity contribution < 1.29 is 8.78 Å². The zero-order valence-electron chi connectivity index (χ0n) is 12.6. The summed E-state index contributed by atoms with van der Waals surface area (Å²) in [5.74, 6) is -0.930. The van der Waals surface area contributed by atoms with Gasteiger partial charge in [0.1, 0.15) is 11.6 Å². The topological polar surface area (TPSA) is 15.3 Å². The Hall–Kier alpha value is -1.00. The van der Waals surface area contributed by atoms with Crippen molar-refractivity contribution in [3.05, 3.63) is 35.4 Å². The summed E-state index contributed by atoms with van der Waals surface area (Å²) >= 11 is 0. The number of nitrogens with zero attached hydrogens (tertiary/aromatic N) is 1. The zero-order valence-corrected chi connectivity index (χ0v) is 12.6. The maximum Gasteiger partial charge on any atom is 0.130 e. The number of hydrogen-bond donors (Lipinski definition) is 1. The van der Waals surface area contributed by atoms with Crippen LogP contribution in [0, 0.1) is 11.6 Å². The lowest BCUT2D eigenvalue weighted by atomic mass is 10.0. The van der Waals surface area contributed by atoms with Gasteiger partial charge < -0.3 is 5.32 Å². The highest BCUT2D eigenvalue weighted by molar-refractivity contribution is 5.22. The van der Waals surface area contributed by atoms with Crippen molar-refractivity contribution in [3.8, 4) is 0 Å². The van der Waals surface area contributed by atoms with Crippen LogP contribution in [0.5, 0.6) is 0 Å². The fraction of sp³-hybridized carbons (Fsp3) is 0.647. The Morgan fingerprint density at radius 3 is 2.67 bits per heavy atom. The molecule has 1 heterocycles. The first-order chi connectivity index (χ1) is 10.1. The molecule has 4 heteroatoms. The number of rotatable bonds is 5. The summed E-state index contributed by atoms with van der Waals surface area (Å²) in [6.45, 7) is 4.09. The van der Waals surface area contributed by atoms with E-state index in [9.17, 15) is 8.78 Å². The molecule has 1 aromatic carbocycles. The van der Waals surface area contributed by atoms with Crippen LogP contribution >= 0.6 is 0 Å². The van der Waals surface area contributed by atoms with E-state index in [-0.39, 0.29) is 6.04 Å². The molecule has 2 aliphatic rings. The van der Waals surface area contributed by atoms with E-state index in [1.165, 1.54) is 38.2 Å². The first kappa shape index (κ1) is 14.9. The summed E-state index contributed by atoms with van der Waals surface area (Å²) in [7, 11) is 0. The monoisotopic (exact) mass is 294 g/mol. The second kappa shape index (κ2) is 6.41. The lowest BCUT2D eigenvalue weighted by Crippen LogP contribution is -2.45. The first-order valence-electron chi connectivity index (χ1n) is 8.09. The van der Waals surface area contributed by atoms with Gasteiger partial charge in [0, 0.05) is 36.3 Å². The molecule has 21 heavy (non-hydrogen) atoms. The normalized spacial score (nSPS) is 24.3. The van der Waals surface area contributed by atoms with Gasteiger partial charge in [-0.2, -0.15) is 0 Å². The Morgan fingerprint density at radius 1 is 1.24 bits per heavy atom. The number of hydrogen-bond acceptors (Lipinski definition) is 2. The minimum atomic E-state index is -0.504. The summed E-state index contributed by atoms with van der Waals surface area (Å²) in [6, 6.07) is 5.02. The molecule has 1 aliphatic heterocycles. The second-order valence-corrected chi connectivity index (χ2v) is 6.42. The highest BCUT2D eigenvalue weighted by Crippen LogP contribution is 2.35. The van der Waals surface area contributed by atoms with E-state index in [1.54, 1.807) is 6.07 Å². The molecule has 2 atom stereocenters. The third-order valence-corrected chi connectivity index (χ3v) is 4.77. The van der Waals surface area contributed by atoms with E-state index < -0.39 is 11.6 Å². The Morgan fingerprint density at radius 2 is 2.05 bits per heavy atom. The molecule has 116 valence electrons. The minimum Gasteiger partial charge on any atom is -0.313 e. The van der Waals surface area contributed by atoms with Crippen molar-refractivity contribution in [1.82, 2.24) is 10.2 Å². The fourth-order valence-corrected chi connectivity index (χ4v) is 3.38. The zero-order chi connectivity index (χ0) is 14.8. The molecule has 1 saturated carbocycles. The van der Waals surface area contributed by atoms with Gasteiger partial charge >= 0.3 is 0 Å². The molecule has 0 amide bonds. The lowest BCUT2D eigenvalue weighted by molar-refractivity contribution is 0.164. The SMILES string of the molecule is CC(c1ccc(F)cc1F)N(CC1CCCCN1)C1CC1. The van der Waals surface area contributed by atoms with Crippen molar-refractivity contribution in [3.63, 3.8) is 0 Å². The Bertz CT molecular complexity index is 482. The van der Waals surface area contributed by atoms with Crippen molar-refractivity contribution in [2.45, 2.75) is 57.2 Å². The Labute approximate surface area is 125 Å². The predicted molar refractivity (Wildman–Crippen MR) is 80.1 cm³/mol. The molecule has 0 bridgehead atoms. The summed E-state index contributed by atoms with van der Waals surface area (Å²) in [5, 5.41) is 3.57. The summed E-state index contributed by atoms with van der Waals surface area (Å²) in [6.07, 6.45) is 6.11. The molecule has 1 aromatic rings. The quantitative estimate of drug-likeness (QED) is 0.892. The van der Waals surface area contributed by atoms with Crippen LogP contribution in [0.15, 0.2) is 18.2 Å². The van der Waals surface area contributed by atoms with E-state index >= 15 is 0 Å². The maximum absolute atomic E-state index is 14.0. The van der Waals surface area contributed by atoms with E-state index in [2.05, 4.69) is 10.2 Å². The molecule has 2 unspecified atom stereocenters. The molecule has 0 radical (unpaired) electrons. The van der Waals surface area contributed by atoms with Gasteiger partial charge in [-0.15, -0.1) is 0 Å². The molecular formula is C17H24F2N2. The molecule has 0 spiro atoms. The van der Waals surface area contributed by atoms with Gasteiger partial charge in [0.2, 0.25) is 0 Å². The van der Waals surface area contributed by atoms with Gasteiger partial charge in [0.05, 0.1) is 0 Å². The van der Waals surface area contributed by atoms with Gasteiger partial charge in [0.15, 0.2) is 0 Å². The molecule has 1 saturated heterocycles. The van der Waals surface area contributed by atoms with Crippen LogP contribution in [0.25, 0.3) is 0 Å². The number of nitrogens with one attached hydrogen (secondary N) is 1. The van der Waals surface area contributed by atoms with Crippen LogP contribution in [0.4, 0.5) is 8.78 Å². The summed E-state index contributed by atoms with van der Waals surface area (Å²) in [4.78, 5) is 2.40. The molecular weight excluding hydrogens is 270 g/mol. The Balaban J connectivity index is 1.73. The lowest BCUT2D eigenvalue weighted by Gasteiger charge is -2.35. The third-order valence-electron chi connectivity index (χ3n) is 4.77. The van der Waals surface area contributed by atoms with Crippen LogP contribution < -0.4 is 5.32 Å². The first-order valence-corrected chi connectivity index (χ1v) is 8.09. The molecule has 0 aromatic heterocycles. The van der Waals surface area contributed by atoms with E-state index in [4.69, 9.17) is 0 Å². The standard InChI is InChI=1S/C17H24F2N2/c1-12(16-8-5-13(18)10-17(16)19)21(15-6-7-15)11-14-4-2-3-9-20-14/h5,8,10,12,14-15,20H,2-4,6-7,9,11H2,1H3. The average Bonchev–Trinajstić information content (AvgIpc) is 3.30. The van der Waals surface area contributed by atoms with Gasteiger partial charge in [-0.05, 0) is 45.2 Å². The highest BCUT2D eigenvalue weighted by Gasteiger charge is 2.35.